The molecule has 51 valence electrons. The standard InChI is InChI=1S/C9H15/c1-3-5-7-9-8-6-4-2/h1,4,6-9H2,2H3. The van der Waals surface area contributed by atoms with Crippen LogP contribution in [-0.4, -0.2) is 0 Å². The summed E-state index contributed by atoms with van der Waals surface area (Å²) in [7, 11) is 0. The summed E-state index contributed by atoms with van der Waals surface area (Å²) < 4.78 is 0. The first kappa shape index (κ1) is 8.56. The van der Waals surface area contributed by atoms with Crippen molar-refractivity contribution in [3.63, 3.8) is 0 Å². The Bertz CT molecular complexity index is 92.3. The third-order valence-electron chi connectivity index (χ3n) is 1.28. The van der Waals surface area contributed by atoms with E-state index in [9.17, 15) is 0 Å². The van der Waals surface area contributed by atoms with E-state index in [1.165, 1.54) is 25.7 Å². The topological polar surface area (TPSA) is 0 Å². The van der Waals surface area contributed by atoms with Gasteiger partial charge in [-0.2, -0.15) is 0 Å². The van der Waals surface area contributed by atoms with E-state index in [1.807, 2.05) is 0 Å². The lowest BCUT2D eigenvalue weighted by Crippen LogP contribution is -1.73. The van der Waals surface area contributed by atoms with Crippen molar-refractivity contribution in [3.05, 3.63) is 6.92 Å². The zero-order valence-corrected chi connectivity index (χ0v) is 6.24. The smallest absolute Gasteiger partial charge is 0.0198 e. The van der Waals surface area contributed by atoms with Gasteiger partial charge in [0.1, 0.15) is 0 Å². The molecule has 0 aromatic carbocycles. The van der Waals surface area contributed by atoms with Crippen LogP contribution in [0.2, 0.25) is 0 Å². The van der Waals surface area contributed by atoms with Gasteiger partial charge in [-0.1, -0.05) is 26.2 Å². The lowest BCUT2D eigenvalue weighted by atomic mass is 10.2. The Morgan fingerprint density at radius 2 is 2.00 bits per heavy atom. The van der Waals surface area contributed by atoms with Gasteiger partial charge in [-0.05, 0) is 6.42 Å². The maximum absolute atomic E-state index is 3.44. The predicted octanol–water partition coefficient (Wildman–Crippen LogP) is 2.79. The maximum atomic E-state index is 3.44. The van der Waals surface area contributed by atoms with Crippen LogP contribution in [0.3, 0.4) is 0 Å². The van der Waals surface area contributed by atoms with Crippen LogP contribution in [0.5, 0.6) is 0 Å². The fourth-order valence-electron chi connectivity index (χ4n) is 0.729. The maximum Gasteiger partial charge on any atom is 0.0198 e. The van der Waals surface area contributed by atoms with Crippen LogP contribution in [0.25, 0.3) is 0 Å². The summed E-state index contributed by atoms with van der Waals surface area (Å²) in [6.45, 7) is 5.66. The van der Waals surface area contributed by atoms with Crippen LogP contribution in [0, 0.1) is 18.8 Å². The van der Waals surface area contributed by atoms with Gasteiger partial charge in [-0.25, -0.2) is 0 Å². The van der Waals surface area contributed by atoms with E-state index in [4.69, 9.17) is 0 Å². The first-order valence-corrected chi connectivity index (χ1v) is 3.66. The van der Waals surface area contributed by atoms with Crippen LogP contribution in [0.15, 0.2) is 0 Å². The third-order valence-corrected chi connectivity index (χ3v) is 1.28. The summed E-state index contributed by atoms with van der Waals surface area (Å²) >= 11 is 0. The van der Waals surface area contributed by atoms with Crippen LogP contribution in [0.1, 0.15) is 39.0 Å². The molecule has 0 N–H and O–H groups in total. The Balaban J connectivity index is 2.80. The average molecular weight is 123 g/mol. The van der Waals surface area contributed by atoms with Gasteiger partial charge in [-0.15, -0.1) is 11.8 Å². The SMILES string of the molecule is [CH2]C#CCCCCCC. The molecule has 0 nitrogen and oxygen atoms in total. The summed E-state index contributed by atoms with van der Waals surface area (Å²) in [5.41, 5.74) is 0. The molecule has 0 amide bonds. The van der Waals surface area contributed by atoms with Crippen molar-refractivity contribution in [2.45, 2.75) is 39.0 Å². The van der Waals surface area contributed by atoms with Crippen LogP contribution in [0.4, 0.5) is 0 Å². The number of rotatable bonds is 4. The summed E-state index contributed by atoms with van der Waals surface area (Å²) in [6.07, 6.45) is 6.25. The van der Waals surface area contributed by atoms with Gasteiger partial charge in [0.25, 0.3) is 0 Å². The highest BCUT2D eigenvalue weighted by molar-refractivity contribution is 5.00. The molecule has 0 bridgehead atoms. The second kappa shape index (κ2) is 7.56. The Labute approximate surface area is 58.7 Å². The predicted molar refractivity (Wildman–Crippen MR) is 41.9 cm³/mol. The Morgan fingerprint density at radius 3 is 2.56 bits per heavy atom. The highest BCUT2D eigenvalue weighted by atomic mass is 13.9. The van der Waals surface area contributed by atoms with E-state index < -0.39 is 0 Å². The molecule has 0 atom stereocenters. The van der Waals surface area contributed by atoms with E-state index in [2.05, 4.69) is 25.7 Å². The average Bonchev–Trinajstić information content (AvgIpc) is 1.89. The number of hydrogen-bond acceptors (Lipinski definition) is 0. The normalized spacial score (nSPS) is 8.22. The molecule has 0 saturated carbocycles. The first-order valence-electron chi connectivity index (χ1n) is 3.66. The molecule has 0 fully saturated rings. The lowest BCUT2D eigenvalue weighted by Gasteiger charge is -1.90. The highest BCUT2D eigenvalue weighted by Crippen LogP contribution is 2.00. The molecule has 0 heterocycles. The molecule has 0 aromatic heterocycles. The van der Waals surface area contributed by atoms with Gasteiger partial charge in [0.15, 0.2) is 0 Å². The van der Waals surface area contributed by atoms with Crippen molar-refractivity contribution < 1.29 is 0 Å². The van der Waals surface area contributed by atoms with E-state index in [0.29, 0.717) is 0 Å². The van der Waals surface area contributed by atoms with Crippen molar-refractivity contribution >= 4 is 0 Å². The summed E-state index contributed by atoms with van der Waals surface area (Å²) in [5, 5.41) is 0. The van der Waals surface area contributed by atoms with Crippen molar-refractivity contribution in [2.24, 2.45) is 0 Å². The van der Waals surface area contributed by atoms with Gasteiger partial charge in [0.05, 0.1) is 0 Å². The molecule has 0 heteroatoms. The first-order chi connectivity index (χ1) is 4.41. The van der Waals surface area contributed by atoms with Gasteiger partial charge in [0.2, 0.25) is 0 Å². The van der Waals surface area contributed by atoms with Gasteiger partial charge in [0, 0.05) is 13.3 Å². The summed E-state index contributed by atoms with van der Waals surface area (Å²) in [6, 6.07) is 0. The van der Waals surface area contributed by atoms with Crippen molar-refractivity contribution in [1.82, 2.24) is 0 Å². The van der Waals surface area contributed by atoms with Crippen LogP contribution < -0.4 is 0 Å². The monoisotopic (exact) mass is 123 g/mol. The minimum absolute atomic E-state index is 1.03. The molecule has 9 heavy (non-hydrogen) atoms. The summed E-state index contributed by atoms with van der Waals surface area (Å²) in [5.74, 6) is 5.59. The highest BCUT2D eigenvalue weighted by Gasteiger charge is 1.82. The molecule has 0 aliphatic rings. The molecule has 0 aromatic rings. The molecule has 0 unspecified atom stereocenters. The van der Waals surface area contributed by atoms with Crippen LogP contribution in [-0.2, 0) is 0 Å². The molecule has 0 rings (SSSR count). The molecule has 1 radical (unpaired) electrons. The zero-order valence-electron chi connectivity index (χ0n) is 6.24. The fraction of sp³-hybridized carbons (Fsp3) is 0.667. The van der Waals surface area contributed by atoms with Crippen molar-refractivity contribution in [3.8, 4) is 11.8 Å². The van der Waals surface area contributed by atoms with E-state index in [-0.39, 0.29) is 0 Å². The van der Waals surface area contributed by atoms with Gasteiger partial charge < -0.3 is 0 Å². The number of unbranched alkanes of at least 4 members (excludes halogenated alkanes) is 4. The minimum Gasteiger partial charge on any atom is -0.103 e. The Kier molecular flexibility index (Phi) is 7.19. The Morgan fingerprint density at radius 1 is 1.22 bits per heavy atom. The van der Waals surface area contributed by atoms with Crippen molar-refractivity contribution in [1.29, 1.82) is 0 Å². The zero-order chi connectivity index (χ0) is 6.95. The minimum atomic E-state index is 1.03. The Hall–Kier alpha value is -0.440. The molecule has 0 aliphatic heterocycles. The van der Waals surface area contributed by atoms with Gasteiger partial charge in [-0.3, -0.25) is 0 Å². The lowest BCUT2D eigenvalue weighted by molar-refractivity contribution is 0.679. The quantitative estimate of drug-likeness (QED) is 0.398. The molecular formula is C9H15. The van der Waals surface area contributed by atoms with E-state index >= 15 is 0 Å². The fourth-order valence-corrected chi connectivity index (χ4v) is 0.729. The molecule has 0 spiro atoms. The van der Waals surface area contributed by atoms with Crippen LogP contribution >= 0.6 is 0 Å². The van der Waals surface area contributed by atoms with Crippen molar-refractivity contribution in [2.75, 3.05) is 0 Å². The molecular weight excluding hydrogens is 108 g/mol. The second-order valence-electron chi connectivity index (χ2n) is 2.16. The third kappa shape index (κ3) is 7.56. The van der Waals surface area contributed by atoms with E-state index in [0.717, 1.165) is 6.42 Å². The van der Waals surface area contributed by atoms with E-state index in [1.54, 1.807) is 0 Å². The summed E-state index contributed by atoms with van der Waals surface area (Å²) in [4.78, 5) is 0. The number of hydrogen-bond donors (Lipinski definition) is 0. The largest absolute Gasteiger partial charge is 0.103 e. The van der Waals surface area contributed by atoms with Gasteiger partial charge >= 0.3 is 0 Å². The molecule has 0 saturated heterocycles. The second-order valence-corrected chi connectivity index (χ2v) is 2.16. The molecule has 0 aliphatic carbocycles.